The third kappa shape index (κ3) is 1.86. The van der Waals surface area contributed by atoms with E-state index in [-0.39, 0.29) is 0 Å². The van der Waals surface area contributed by atoms with Crippen molar-refractivity contribution < 1.29 is 4.79 Å². The van der Waals surface area contributed by atoms with E-state index in [1.54, 1.807) is 0 Å². The lowest BCUT2D eigenvalue weighted by Crippen LogP contribution is -2.55. The zero-order chi connectivity index (χ0) is 9.03. The minimum absolute atomic E-state index is 0.617. The first-order valence-corrected chi connectivity index (χ1v) is 3.88. The Hall–Kier alpha value is -1.28. The summed E-state index contributed by atoms with van der Waals surface area (Å²) in [6, 6.07) is 1.47. The number of nitrogens with two attached hydrogens (primary N) is 1. The SMILES string of the molecule is N#CC1(NC(N)=O)CCNCC1. The van der Waals surface area contributed by atoms with Gasteiger partial charge in [-0.2, -0.15) is 5.26 Å². The third-order valence-corrected chi connectivity index (χ3v) is 2.03. The molecule has 2 amide bonds. The van der Waals surface area contributed by atoms with Gasteiger partial charge in [-0.3, -0.25) is 0 Å². The number of carbonyl (C=O) groups is 1. The molecule has 5 heteroatoms. The van der Waals surface area contributed by atoms with E-state index in [4.69, 9.17) is 11.0 Å². The van der Waals surface area contributed by atoms with Gasteiger partial charge in [-0.05, 0) is 25.9 Å². The van der Waals surface area contributed by atoms with Gasteiger partial charge < -0.3 is 16.4 Å². The molecule has 0 atom stereocenters. The maximum atomic E-state index is 10.6. The lowest BCUT2D eigenvalue weighted by atomic mass is 9.90. The van der Waals surface area contributed by atoms with Crippen molar-refractivity contribution in [1.29, 1.82) is 5.26 Å². The van der Waals surface area contributed by atoms with E-state index in [0.717, 1.165) is 13.1 Å². The summed E-state index contributed by atoms with van der Waals surface area (Å²) in [6.45, 7) is 1.49. The molecule has 1 aliphatic rings. The van der Waals surface area contributed by atoms with Gasteiger partial charge in [-0.25, -0.2) is 4.79 Å². The Morgan fingerprint density at radius 2 is 2.17 bits per heavy atom. The van der Waals surface area contributed by atoms with E-state index in [9.17, 15) is 4.79 Å². The Labute approximate surface area is 70.9 Å². The number of rotatable bonds is 1. The zero-order valence-electron chi connectivity index (χ0n) is 6.76. The molecule has 1 heterocycles. The van der Waals surface area contributed by atoms with Crippen molar-refractivity contribution in [3.63, 3.8) is 0 Å². The van der Waals surface area contributed by atoms with Gasteiger partial charge in [-0.1, -0.05) is 0 Å². The van der Waals surface area contributed by atoms with Gasteiger partial charge in [0.05, 0.1) is 6.07 Å². The van der Waals surface area contributed by atoms with Crippen LogP contribution in [-0.4, -0.2) is 24.7 Å². The summed E-state index contributed by atoms with van der Waals surface area (Å²) in [6.07, 6.45) is 1.23. The first kappa shape index (κ1) is 8.81. The van der Waals surface area contributed by atoms with Gasteiger partial charge in [0.15, 0.2) is 0 Å². The van der Waals surface area contributed by atoms with Crippen molar-refractivity contribution >= 4 is 6.03 Å². The number of hydrogen-bond acceptors (Lipinski definition) is 3. The van der Waals surface area contributed by atoms with Crippen LogP contribution in [-0.2, 0) is 0 Å². The number of nitrogens with one attached hydrogen (secondary N) is 2. The molecule has 4 N–H and O–H groups in total. The normalized spacial score (nSPS) is 20.9. The van der Waals surface area contributed by atoms with Gasteiger partial charge in [0.25, 0.3) is 0 Å². The average Bonchev–Trinajstić information content (AvgIpc) is 2.05. The lowest BCUT2D eigenvalue weighted by molar-refractivity contribution is 0.232. The molecule has 0 unspecified atom stereocenters. The molecule has 66 valence electrons. The van der Waals surface area contributed by atoms with Crippen LogP contribution in [0.2, 0.25) is 0 Å². The van der Waals surface area contributed by atoms with Crippen LogP contribution in [0.1, 0.15) is 12.8 Å². The molecule has 1 saturated heterocycles. The van der Waals surface area contributed by atoms with Crippen molar-refractivity contribution in [2.24, 2.45) is 5.73 Å². The number of carbonyl (C=O) groups excluding carboxylic acids is 1. The second kappa shape index (κ2) is 3.41. The average molecular weight is 168 g/mol. The molecule has 0 radical (unpaired) electrons. The number of primary amides is 1. The fraction of sp³-hybridized carbons (Fsp3) is 0.714. The zero-order valence-corrected chi connectivity index (χ0v) is 6.76. The summed E-state index contributed by atoms with van der Waals surface area (Å²) >= 11 is 0. The highest BCUT2D eigenvalue weighted by Crippen LogP contribution is 2.16. The maximum Gasteiger partial charge on any atom is 0.313 e. The van der Waals surface area contributed by atoms with Crippen LogP contribution >= 0.6 is 0 Å². The van der Waals surface area contributed by atoms with Crippen molar-refractivity contribution in [2.45, 2.75) is 18.4 Å². The van der Waals surface area contributed by atoms with Gasteiger partial charge in [-0.15, -0.1) is 0 Å². The largest absolute Gasteiger partial charge is 0.352 e. The Kier molecular flexibility index (Phi) is 2.51. The van der Waals surface area contributed by atoms with E-state index in [2.05, 4.69) is 16.7 Å². The number of nitrogens with zero attached hydrogens (tertiary/aromatic N) is 1. The van der Waals surface area contributed by atoms with E-state index in [1.807, 2.05) is 0 Å². The van der Waals surface area contributed by atoms with Gasteiger partial charge in [0.2, 0.25) is 0 Å². The molecule has 0 bridgehead atoms. The quantitative estimate of drug-likeness (QED) is 0.483. The Morgan fingerprint density at radius 3 is 2.58 bits per heavy atom. The maximum absolute atomic E-state index is 10.6. The second-order valence-electron chi connectivity index (χ2n) is 2.93. The van der Waals surface area contributed by atoms with Crippen molar-refractivity contribution in [3.8, 4) is 6.07 Å². The topological polar surface area (TPSA) is 90.9 Å². The first-order chi connectivity index (χ1) is 5.68. The number of urea groups is 1. The molecule has 1 fully saturated rings. The Balaban J connectivity index is 2.61. The molecule has 1 aliphatic heterocycles. The number of piperidine rings is 1. The van der Waals surface area contributed by atoms with Crippen molar-refractivity contribution in [1.82, 2.24) is 10.6 Å². The summed E-state index contributed by atoms with van der Waals surface area (Å²) in [5, 5.41) is 14.4. The fourth-order valence-corrected chi connectivity index (χ4v) is 1.35. The first-order valence-electron chi connectivity index (χ1n) is 3.88. The third-order valence-electron chi connectivity index (χ3n) is 2.03. The Bertz CT molecular complexity index is 214. The van der Waals surface area contributed by atoms with Crippen LogP contribution < -0.4 is 16.4 Å². The number of hydrogen-bond donors (Lipinski definition) is 3. The minimum atomic E-state index is -0.739. The summed E-state index contributed by atoms with van der Waals surface area (Å²) in [5.74, 6) is 0. The van der Waals surface area contributed by atoms with Crippen LogP contribution in [0.25, 0.3) is 0 Å². The molecular weight excluding hydrogens is 156 g/mol. The van der Waals surface area contributed by atoms with E-state index < -0.39 is 11.6 Å². The van der Waals surface area contributed by atoms with Gasteiger partial charge in [0, 0.05) is 0 Å². The van der Waals surface area contributed by atoms with Gasteiger partial charge in [0.1, 0.15) is 5.54 Å². The Morgan fingerprint density at radius 1 is 1.58 bits per heavy atom. The number of amides is 2. The molecule has 0 aromatic heterocycles. The number of nitriles is 1. The molecule has 5 nitrogen and oxygen atoms in total. The minimum Gasteiger partial charge on any atom is -0.352 e. The highest BCUT2D eigenvalue weighted by molar-refractivity contribution is 5.73. The molecule has 0 aromatic rings. The van der Waals surface area contributed by atoms with Crippen LogP contribution in [0.4, 0.5) is 4.79 Å². The summed E-state index contributed by atoms with van der Waals surface area (Å²) in [4.78, 5) is 10.6. The predicted molar refractivity (Wildman–Crippen MR) is 43.2 cm³/mol. The summed E-state index contributed by atoms with van der Waals surface area (Å²) in [5.41, 5.74) is 4.22. The van der Waals surface area contributed by atoms with E-state index >= 15 is 0 Å². The van der Waals surface area contributed by atoms with Crippen LogP contribution in [0.15, 0.2) is 0 Å². The highest BCUT2D eigenvalue weighted by Gasteiger charge is 2.32. The molecule has 12 heavy (non-hydrogen) atoms. The highest BCUT2D eigenvalue weighted by atomic mass is 16.2. The molecule has 1 rings (SSSR count). The monoisotopic (exact) mass is 168 g/mol. The molecule has 0 aliphatic carbocycles. The summed E-state index contributed by atoms with van der Waals surface area (Å²) < 4.78 is 0. The van der Waals surface area contributed by atoms with Crippen LogP contribution in [0, 0.1) is 11.3 Å². The molecule has 0 aromatic carbocycles. The predicted octanol–water partition coefficient (Wildman–Crippen LogP) is -0.700. The molecular formula is C7H12N4O. The lowest BCUT2D eigenvalue weighted by Gasteiger charge is -2.31. The molecule has 0 saturated carbocycles. The van der Waals surface area contributed by atoms with Crippen molar-refractivity contribution in [2.75, 3.05) is 13.1 Å². The van der Waals surface area contributed by atoms with E-state index in [1.165, 1.54) is 0 Å². The summed E-state index contributed by atoms with van der Waals surface area (Å²) in [7, 11) is 0. The smallest absolute Gasteiger partial charge is 0.313 e. The van der Waals surface area contributed by atoms with Gasteiger partial charge >= 0.3 is 6.03 Å². The fourth-order valence-electron chi connectivity index (χ4n) is 1.35. The van der Waals surface area contributed by atoms with Crippen LogP contribution in [0.5, 0.6) is 0 Å². The standard InChI is InChI=1S/C7H12N4O/c8-5-7(11-6(9)12)1-3-10-4-2-7/h10H,1-4H2,(H3,9,11,12). The van der Waals surface area contributed by atoms with Crippen molar-refractivity contribution in [3.05, 3.63) is 0 Å². The second-order valence-corrected chi connectivity index (χ2v) is 2.93. The van der Waals surface area contributed by atoms with Crippen LogP contribution in [0.3, 0.4) is 0 Å². The molecule has 0 spiro atoms. The van der Waals surface area contributed by atoms with E-state index in [0.29, 0.717) is 12.8 Å².